The summed E-state index contributed by atoms with van der Waals surface area (Å²) >= 11 is 0. The molecule has 0 aliphatic carbocycles. The van der Waals surface area contributed by atoms with Crippen LogP contribution in [0.3, 0.4) is 0 Å². The van der Waals surface area contributed by atoms with Crippen molar-refractivity contribution in [2.75, 3.05) is 11.8 Å². The Morgan fingerprint density at radius 2 is 1.65 bits per heavy atom. The van der Waals surface area contributed by atoms with Crippen LogP contribution in [-0.4, -0.2) is 15.5 Å². The van der Waals surface area contributed by atoms with E-state index in [9.17, 15) is 12.8 Å². The lowest BCUT2D eigenvalue weighted by Gasteiger charge is -2.20. The summed E-state index contributed by atoms with van der Waals surface area (Å²) in [6.45, 7) is 5.69. The molecule has 0 saturated heterocycles. The summed E-state index contributed by atoms with van der Waals surface area (Å²) in [5.74, 6) is 0.122. The molecule has 0 unspecified atom stereocenters. The van der Waals surface area contributed by atoms with Crippen LogP contribution in [0.15, 0.2) is 47.4 Å². The minimum atomic E-state index is -3.78. The predicted molar refractivity (Wildman–Crippen MR) is 88.9 cm³/mol. The average Bonchev–Trinajstić information content (AvgIpc) is 2.45. The zero-order valence-corrected chi connectivity index (χ0v) is 14.4. The van der Waals surface area contributed by atoms with Crippen LogP contribution < -0.4 is 9.46 Å². The molecule has 2 rings (SSSR count). The molecule has 0 aliphatic heterocycles. The molecule has 0 bridgehead atoms. The van der Waals surface area contributed by atoms with Crippen LogP contribution in [0.2, 0.25) is 0 Å². The van der Waals surface area contributed by atoms with E-state index in [0.717, 1.165) is 0 Å². The Hall–Kier alpha value is -2.08. The number of ether oxygens (including phenoxy) is 1. The second kappa shape index (κ2) is 6.20. The van der Waals surface area contributed by atoms with Crippen LogP contribution in [0.5, 0.6) is 5.75 Å². The Morgan fingerprint density at radius 3 is 2.13 bits per heavy atom. The number of halogens is 1. The number of hydrogen-bond donors (Lipinski definition) is 1. The third-order valence-electron chi connectivity index (χ3n) is 3.40. The van der Waals surface area contributed by atoms with Crippen LogP contribution in [-0.2, 0) is 15.4 Å². The highest BCUT2D eigenvalue weighted by molar-refractivity contribution is 7.92. The van der Waals surface area contributed by atoms with Crippen molar-refractivity contribution >= 4 is 15.7 Å². The standard InChI is InChI=1S/C17H20FNO3S/c1-17(2,3)15-10-5-12(11-16(15)18)19-23(20,21)14-8-6-13(22-4)7-9-14/h5-11,19H,1-4H3. The largest absolute Gasteiger partial charge is 0.497 e. The van der Waals surface area contributed by atoms with Crippen LogP contribution in [0.25, 0.3) is 0 Å². The summed E-state index contributed by atoms with van der Waals surface area (Å²) in [7, 11) is -2.27. The van der Waals surface area contributed by atoms with Crippen LogP contribution in [0.4, 0.5) is 10.1 Å². The van der Waals surface area contributed by atoms with Gasteiger partial charge >= 0.3 is 0 Å². The average molecular weight is 337 g/mol. The Labute approximate surface area is 136 Å². The summed E-state index contributed by atoms with van der Waals surface area (Å²) in [5.41, 5.74) is 0.369. The smallest absolute Gasteiger partial charge is 0.261 e. The molecule has 2 aromatic carbocycles. The number of rotatable bonds is 4. The van der Waals surface area contributed by atoms with Gasteiger partial charge in [0.2, 0.25) is 0 Å². The molecule has 0 amide bonds. The molecule has 0 aromatic heterocycles. The molecule has 0 spiro atoms. The van der Waals surface area contributed by atoms with Gasteiger partial charge in [0.25, 0.3) is 10.0 Å². The van der Waals surface area contributed by atoms with Gasteiger partial charge in [0.15, 0.2) is 0 Å². The molecule has 6 heteroatoms. The van der Waals surface area contributed by atoms with Crippen molar-refractivity contribution in [2.45, 2.75) is 31.1 Å². The van der Waals surface area contributed by atoms with Crippen molar-refractivity contribution in [1.82, 2.24) is 0 Å². The van der Waals surface area contributed by atoms with Crippen molar-refractivity contribution < 1.29 is 17.5 Å². The summed E-state index contributed by atoms with van der Waals surface area (Å²) in [6, 6.07) is 10.3. The molecule has 0 heterocycles. The van der Waals surface area contributed by atoms with Crippen LogP contribution in [0, 0.1) is 5.82 Å². The molecule has 0 fully saturated rings. The fraction of sp³-hybridized carbons (Fsp3) is 0.294. The maximum Gasteiger partial charge on any atom is 0.261 e. The quantitative estimate of drug-likeness (QED) is 0.919. The fourth-order valence-corrected chi connectivity index (χ4v) is 3.21. The molecule has 4 nitrogen and oxygen atoms in total. The number of anilines is 1. The molecule has 0 atom stereocenters. The number of hydrogen-bond acceptors (Lipinski definition) is 3. The zero-order chi connectivity index (χ0) is 17.3. The fourth-order valence-electron chi connectivity index (χ4n) is 2.16. The van der Waals surface area contributed by atoms with E-state index in [0.29, 0.717) is 11.3 Å². The Morgan fingerprint density at radius 1 is 1.04 bits per heavy atom. The summed E-state index contributed by atoms with van der Waals surface area (Å²) in [6.07, 6.45) is 0. The van der Waals surface area contributed by atoms with Gasteiger partial charge in [-0.1, -0.05) is 26.8 Å². The van der Waals surface area contributed by atoms with Crippen molar-refractivity contribution in [3.05, 3.63) is 53.8 Å². The van der Waals surface area contributed by atoms with Crippen molar-refractivity contribution in [3.8, 4) is 5.75 Å². The van der Waals surface area contributed by atoms with E-state index in [1.54, 1.807) is 24.3 Å². The monoisotopic (exact) mass is 337 g/mol. The first-order chi connectivity index (χ1) is 10.6. The minimum absolute atomic E-state index is 0.0820. The van der Waals surface area contributed by atoms with Gasteiger partial charge in [-0.05, 0) is 47.4 Å². The van der Waals surface area contributed by atoms with Crippen molar-refractivity contribution in [3.63, 3.8) is 0 Å². The third-order valence-corrected chi connectivity index (χ3v) is 4.80. The lowest BCUT2D eigenvalue weighted by molar-refractivity contribution is 0.414. The second-order valence-corrected chi connectivity index (χ2v) is 7.91. The molecule has 23 heavy (non-hydrogen) atoms. The summed E-state index contributed by atoms with van der Waals surface area (Å²) in [4.78, 5) is 0.0820. The van der Waals surface area contributed by atoms with Crippen molar-refractivity contribution in [1.29, 1.82) is 0 Å². The summed E-state index contributed by atoms with van der Waals surface area (Å²) < 4.78 is 46.2. The first-order valence-electron chi connectivity index (χ1n) is 7.10. The van der Waals surface area contributed by atoms with E-state index >= 15 is 0 Å². The van der Waals surface area contributed by atoms with Crippen LogP contribution in [0.1, 0.15) is 26.3 Å². The topological polar surface area (TPSA) is 55.4 Å². The molecule has 124 valence electrons. The van der Waals surface area contributed by atoms with Gasteiger partial charge in [-0.15, -0.1) is 0 Å². The van der Waals surface area contributed by atoms with Gasteiger partial charge in [0.1, 0.15) is 11.6 Å². The SMILES string of the molecule is COc1ccc(S(=O)(=O)Nc2ccc(C(C)(C)C)c(F)c2)cc1. The summed E-state index contributed by atoms with van der Waals surface area (Å²) in [5, 5.41) is 0. The van der Waals surface area contributed by atoms with Gasteiger partial charge < -0.3 is 4.74 Å². The van der Waals surface area contributed by atoms with Crippen LogP contribution >= 0.6 is 0 Å². The third kappa shape index (κ3) is 4.01. The lowest BCUT2D eigenvalue weighted by Crippen LogP contribution is -2.16. The highest BCUT2D eigenvalue weighted by atomic mass is 32.2. The predicted octanol–water partition coefficient (Wildman–Crippen LogP) is 3.93. The van der Waals surface area contributed by atoms with E-state index < -0.39 is 15.8 Å². The highest BCUT2D eigenvalue weighted by Crippen LogP contribution is 2.28. The number of sulfonamides is 1. The second-order valence-electron chi connectivity index (χ2n) is 6.23. The van der Waals surface area contributed by atoms with Gasteiger partial charge in [-0.25, -0.2) is 12.8 Å². The molecule has 0 aliphatic rings. The lowest BCUT2D eigenvalue weighted by atomic mass is 9.86. The maximum atomic E-state index is 14.2. The van der Waals surface area contributed by atoms with E-state index in [2.05, 4.69) is 4.72 Å². The maximum absolute atomic E-state index is 14.2. The Balaban J connectivity index is 2.28. The first-order valence-corrected chi connectivity index (χ1v) is 8.59. The van der Waals surface area contributed by atoms with Gasteiger partial charge in [0.05, 0.1) is 17.7 Å². The van der Waals surface area contributed by atoms with E-state index in [1.807, 2.05) is 20.8 Å². The van der Waals surface area contributed by atoms with E-state index in [1.165, 1.54) is 25.3 Å². The molecular formula is C17H20FNO3S. The van der Waals surface area contributed by atoms with Gasteiger partial charge in [-0.2, -0.15) is 0 Å². The Kier molecular flexibility index (Phi) is 4.66. The molecular weight excluding hydrogens is 317 g/mol. The number of benzene rings is 2. The molecule has 2 aromatic rings. The molecule has 0 radical (unpaired) electrons. The van der Waals surface area contributed by atoms with E-state index in [-0.39, 0.29) is 16.0 Å². The molecule has 1 N–H and O–H groups in total. The Bertz CT molecular complexity index is 794. The number of methoxy groups -OCH3 is 1. The normalized spacial score (nSPS) is 12.0. The first kappa shape index (κ1) is 17.3. The number of nitrogens with one attached hydrogen (secondary N) is 1. The highest BCUT2D eigenvalue weighted by Gasteiger charge is 2.20. The van der Waals surface area contributed by atoms with Crippen molar-refractivity contribution in [2.24, 2.45) is 0 Å². The van der Waals surface area contributed by atoms with Gasteiger partial charge in [0, 0.05) is 0 Å². The zero-order valence-electron chi connectivity index (χ0n) is 13.6. The minimum Gasteiger partial charge on any atom is -0.497 e. The van der Waals surface area contributed by atoms with E-state index in [4.69, 9.17) is 4.74 Å². The van der Waals surface area contributed by atoms with Gasteiger partial charge in [-0.3, -0.25) is 4.72 Å². The molecule has 0 saturated carbocycles.